The first kappa shape index (κ1) is 34.6. The van der Waals surface area contributed by atoms with Crippen LogP contribution in [0.25, 0.3) is 28.3 Å². The minimum atomic E-state index is -2.03. The van der Waals surface area contributed by atoms with E-state index < -0.39 is 26.8 Å². The zero-order valence-corrected chi connectivity index (χ0v) is 33.5. The van der Waals surface area contributed by atoms with Gasteiger partial charge in [0.15, 0.2) is 0 Å². The van der Waals surface area contributed by atoms with E-state index >= 15 is 0 Å². The van der Waals surface area contributed by atoms with Crippen molar-refractivity contribution in [3.8, 4) is 22.3 Å². The molecule has 0 bridgehead atoms. The second-order valence-corrected chi connectivity index (χ2v) is 30.7. The van der Waals surface area contributed by atoms with Crippen molar-refractivity contribution in [3.63, 3.8) is 0 Å². The van der Waals surface area contributed by atoms with E-state index in [1.807, 2.05) is 8.46 Å². The van der Waals surface area contributed by atoms with Crippen LogP contribution < -0.4 is 38.5 Å². The van der Waals surface area contributed by atoms with Crippen LogP contribution in [0.1, 0.15) is 100 Å². The molecule has 0 aromatic heterocycles. The van der Waals surface area contributed by atoms with Crippen molar-refractivity contribution >= 4 is 25.6 Å². The molecule has 0 N–H and O–H groups in total. The summed E-state index contributed by atoms with van der Waals surface area (Å²) >= 11 is -2.03. The molecule has 0 saturated heterocycles. The van der Waals surface area contributed by atoms with E-state index in [0.717, 1.165) is 6.42 Å². The van der Waals surface area contributed by atoms with Gasteiger partial charge in [0.2, 0.25) is 0 Å². The number of hydrogen-bond acceptors (Lipinski definition) is 0. The van der Waals surface area contributed by atoms with Gasteiger partial charge < -0.3 is 24.8 Å². The molecule has 0 nitrogen and oxygen atoms in total. The molecule has 0 spiro atoms. The maximum absolute atomic E-state index is 2.71. The average Bonchev–Trinajstić information content (AvgIpc) is 3.45. The van der Waals surface area contributed by atoms with Gasteiger partial charge in [-0.1, -0.05) is 0 Å². The Morgan fingerprint density at radius 3 is 2.04 bits per heavy atom. The molecule has 1 aliphatic carbocycles. The summed E-state index contributed by atoms with van der Waals surface area (Å²) < 4.78 is 2.52. The van der Waals surface area contributed by atoms with Crippen LogP contribution in [-0.4, -0.2) is 5.92 Å². The number of allylic oxidation sites excluding steroid dienone is 1. The number of rotatable bonds is 5. The van der Waals surface area contributed by atoms with Crippen molar-refractivity contribution in [2.24, 2.45) is 5.92 Å². The molecule has 0 amide bonds. The SMILES string of the molecule is CCc1ccc2c(c1-c1cc(C(C)(C)C)cc(C(C)(C)C)c1)C=C(CC(C)C)[CH]2[Zr+2]1[c]2cccc3c2[SiH]1c1ccccc1-3.[Cl-].[Cl-]. The Kier molecular flexibility index (Phi) is 9.54. The minimum Gasteiger partial charge on any atom is -1.00 e. The first-order valence-corrected chi connectivity index (χ1v) is 25.1. The summed E-state index contributed by atoms with van der Waals surface area (Å²) in [7, 11) is 0. The maximum atomic E-state index is 2.71. The van der Waals surface area contributed by atoms with E-state index in [-0.39, 0.29) is 35.6 Å². The molecule has 7 rings (SSSR count). The predicted molar refractivity (Wildman–Crippen MR) is 187 cm³/mol. The molecule has 3 aliphatic rings. The van der Waals surface area contributed by atoms with Crippen molar-refractivity contribution in [2.75, 3.05) is 0 Å². The number of halogens is 2. The van der Waals surface area contributed by atoms with E-state index in [0.29, 0.717) is 9.54 Å². The van der Waals surface area contributed by atoms with E-state index in [2.05, 4.69) is 141 Å². The van der Waals surface area contributed by atoms with Crippen LogP contribution in [0.15, 0.2) is 78.4 Å². The van der Waals surface area contributed by atoms with E-state index in [1.54, 1.807) is 33.0 Å². The normalized spacial score (nSPS) is 17.6. The minimum absolute atomic E-state index is 0. The molecule has 4 heteroatoms. The smallest absolute Gasteiger partial charge is 1.00 e. The first-order chi connectivity index (χ1) is 20.4. The number of benzene rings is 4. The summed E-state index contributed by atoms with van der Waals surface area (Å²) in [4.78, 5) is 0. The van der Waals surface area contributed by atoms with Gasteiger partial charge in [-0.15, -0.1) is 0 Å². The van der Waals surface area contributed by atoms with Gasteiger partial charge in [0.25, 0.3) is 0 Å². The summed E-state index contributed by atoms with van der Waals surface area (Å²) in [5.74, 6) is -0.441. The van der Waals surface area contributed by atoms with E-state index in [9.17, 15) is 0 Å². The van der Waals surface area contributed by atoms with E-state index in [4.69, 9.17) is 0 Å². The molecule has 0 saturated carbocycles. The Labute approximate surface area is 293 Å². The van der Waals surface area contributed by atoms with Gasteiger partial charge in [-0.05, 0) is 0 Å². The molecule has 2 aliphatic heterocycles. The third kappa shape index (κ3) is 5.65. The van der Waals surface area contributed by atoms with Gasteiger partial charge in [-0.2, -0.15) is 0 Å². The molecule has 2 atom stereocenters. The van der Waals surface area contributed by atoms with Crippen molar-refractivity contribution in [3.05, 3.63) is 106 Å². The monoisotopic (exact) mass is 727 g/mol. The van der Waals surface area contributed by atoms with Crippen molar-refractivity contribution < 1.29 is 45.7 Å². The predicted octanol–water partition coefficient (Wildman–Crippen LogP) is 2.78. The first-order valence-electron chi connectivity index (χ1n) is 16.5. The van der Waals surface area contributed by atoms with Gasteiger partial charge >= 0.3 is 271 Å². The Morgan fingerprint density at radius 1 is 0.778 bits per heavy atom. The average molecular weight is 730 g/mol. The van der Waals surface area contributed by atoms with Crippen LogP contribution in [0, 0.1) is 5.92 Å². The fraction of sp³-hybridized carbons (Fsp3) is 0.366. The van der Waals surface area contributed by atoms with Gasteiger partial charge in [0.1, 0.15) is 0 Å². The van der Waals surface area contributed by atoms with Gasteiger partial charge in [-0.3, -0.25) is 0 Å². The molecule has 4 aromatic carbocycles. The van der Waals surface area contributed by atoms with E-state index in [1.165, 1.54) is 34.2 Å². The molecule has 4 aromatic rings. The Morgan fingerprint density at radius 2 is 1.42 bits per heavy atom. The van der Waals surface area contributed by atoms with Crippen molar-refractivity contribution in [2.45, 2.75) is 89.6 Å². The van der Waals surface area contributed by atoms with Crippen LogP contribution in [-0.2, 0) is 38.2 Å². The quantitative estimate of drug-likeness (QED) is 0.278. The third-order valence-electron chi connectivity index (χ3n) is 10.2. The molecule has 2 unspecified atom stereocenters. The van der Waals surface area contributed by atoms with Gasteiger partial charge in [-0.25, -0.2) is 0 Å². The zero-order chi connectivity index (χ0) is 30.4. The van der Waals surface area contributed by atoms with Crippen molar-refractivity contribution in [1.82, 2.24) is 0 Å². The standard InChI is InChI=1S/C29H39.C12H8Si.2ClH.Zr/c1-10-21-11-12-22-14-20(13-19(2)3)15-26(22)27(21)23-16-24(28(4,5)6)18-25(17-23)29(7,8)9;1-3-7-11-9(5-1)10-6-2-4-8-12(10)13-11;;;/h11-12,14-19H,10,13H2,1-9H3;1-7,13H;2*1H;/q;;;;+2/p-2. The maximum Gasteiger partial charge on any atom is -1.00 e. The van der Waals surface area contributed by atoms with Crippen LogP contribution in [0.4, 0.5) is 0 Å². The van der Waals surface area contributed by atoms with Gasteiger partial charge in [0, 0.05) is 0 Å². The molecule has 2 heterocycles. The number of aryl methyl sites for hydroxylation is 1. The molecule has 233 valence electrons. The van der Waals surface area contributed by atoms with Crippen LogP contribution >= 0.6 is 0 Å². The van der Waals surface area contributed by atoms with Crippen molar-refractivity contribution in [1.29, 1.82) is 0 Å². The zero-order valence-electron chi connectivity index (χ0n) is 28.4. The Bertz CT molecular complexity index is 1770. The molecular formula is C41H47Cl2SiZr. The second-order valence-electron chi connectivity index (χ2n) is 15.7. The Hall–Kier alpha value is -1.70. The van der Waals surface area contributed by atoms with Crippen LogP contribution in [0.2, 0.25) is 0 Å². The number of fused-ring (bicyclic) bond motifs is 4. The largest absolute Gasteiger partial charge is 1.00 e. The Balaban J connectivity index is 0.00000200. The summed E-state index contributed by atoms with van der Waals surface area (Å²) in [6.45, 7) is 21.4. The molecule has 45 heavy (non-hydrogen) atoms. The second kappa shape index (κ2) is 12.4. The summed E-state index contributed by atoms with van der Waals surface area (Å²) in [6.07, 6.45) is 4.99. The summed E-state index contributed by atoms with van der Waals surface area (Å²) in [6, 6.07) is 29.5. The molecular weight excluding hydrogens is 683 g/mol. The molecule has 0 fully saturated rings. The van der Waals surface area contributed by atoms with Crippen LogP contribution in [0.3, 0.4) is 0 Å². The molecule has 0 radical (unpaired) electrons. The topological polar surface area (TPSA) is 0 Å². The fourth-order valence-corrected chi connectivity index (χ4v) is 34.2. The van der Waals surface area contributed by atoms with Crippen LogP contribution in [0.5, 0.6) is 0 Å². The fourth-order valence-electron chi connectivity index (χ4n) is 8.08. The van der Waals surface area contributed by atoms with Gasteiger partial charge in [0.05, 0.1) is 0 Å². The third-order valence-corrected chi connectivity index (χ3v) is 32.5. The summed E-state index contributed by atoms with van der Waals surface area (Å²) in [5, 5.41) is 3.59. The summed E-state index contributed by atoms with van der Waals surface area (Å²) in [5.41, 5.74) is 15.7. The number of hydrogen-bond donors (Lipinski definition) is 0.